The van der Waals surface area contributed by atoms with Gasteiger partial charge in [0.2, 0.25) is 0 Å². The van der Waals surface area contributed by atoms with Crippen LogP contribution in [0.4, 0.5) is 15.6 Å². The highest BCUT2D eigenvalue weighted by molar-refractivity contribution is 8.01. The summed E-state index contributed by atoms with van der Waals surface area (Å²) < 4.78 is 0.747. The van der Waals surface area contributed by atoms with Crippen LogP contribution in [0, 0.1) is 0 Å². The number of rotatable bonds is 7. The molecule has 2 aromatic rings. The van der Waals surface area contributed by atoms with Gasteiger partial charge in [-0.05, 0) is 37.5 Å². The van der Waals surface area contributed by atoms with Crippen molar-refractivity contribution in [3.63, 3.8) is 0 Å². The third-order valence-electron chi connectivity index (χ3n) is 5.79. The number of carbonyl (C=O) groups is 3. The van der Waals surface area contributed by atoms with E-state index in [9.17, 15) is 14.4 Å². The average molecular weight is 475 g/mol. The molecule has 0 unspecified atom stereocenters. The third-order valence-corrected chi connectivity index (χ3v) is 8.05. The topological polar surface area (TPSA) is 94.1 Å². The normalized spacial score (nSPS) is 16.0. The summed E-state index contributed by atoms with van der Waals surface area (Å²) in [6.07, 6.45) is 6.60. The van der Waals surface area contributed by atoms with Crippen molar-refractivity contribution in [1.29, 1.82) is 0 Å². The number of hydrogen-bond acceptors (Lipinski definition) is 6. The summed E-state index contributed by atoms with van der Waals surface area (Å²) in [5.41, 5.74) is 1.32. The first-order valence-corrected chi connectivity index (χ1v) is 12.5. The maximum atomic E-state index is 13.6. The Balaban J connectivity index is 1.57. The molecule has 32 heavy (non-hydrogen) atoms. The monoisotopic (exact) mass is 474 g/mol. The lowest BCUT2D eigenvalue weighted by atomic mass is 10.1. The SMILES string of the molecule is CN(C(=O)N(c1cccc(C(=O)N2CCC2)c1)C1CCCC1)c1ncc(SCC(=O)O)s1. The smallest absolute Gasteiger partial charge is 0.330 e. The molecule has 0 atom stereocenters. The molecule has 8 nitrogen and oxygen atoms in total. The van der Waals surface area contributed by atoms with Crippen LogP contribution >= 0.6 is 23.1 Å². The van der Waals surface area contributed by atoms with Crippen molar-refractivity contribution >= 4 is 51.8 Å². The van der Waals surface area contributed by atoms with Crippen LogP contribution in [0.3, 0.4) is 0 Å². The van der Waals surface area contributed by atoms with E-state index in [0.717, 1.165) is 55.1 Å². The number of aromatic nitrogens is 1. The molecule has 1 N–H and O–H groups in total. The molecule has 3 amide bonds. The largest absolute Gasteiger partial charge is 0.481 e. The van der Waals surface area contributed by atoms with Crippen molar-refractivity contribution in [1.82, 2.24) is 9.88 Å². The van der Waals surface area contributed by atoms with Gasteiger partial charge in [-0.15, -0.1) is 11.8 Å². The van der Waals surface area contributed by atoms with E-state index in [0.29, 0.717) is 10.7 Å². The van der Waals surface area contributed by atoms with Crippen molar-refractivity contribution in [2.45, 2.75) is 42.4 Å². The predicted octanol–water partition coefficient (Wildman–Crippen LogP) is 4.17. The summed E-state index contributed by atoms with van der Waals surface area (Å²) in [6, 6.07) is 7.21. The summed E-state index contributed by atoms with van der Waals surface area (Å²) in [5.74, 6) is -0.939. The average Bonchev–Trinajstić information content (AvgIpc) is 3.43. The van der Waals surface area contributed by atoms with Crippen molar-refractivity contribution in [2.75, 3.05) is 35.7 Å². The van der Waals surface area contributed by atoms with E-state index in [1.807, 2.05) is 23.1 Å². The van der Waals surface area contributed by atoms with E-state index < -0.39 is 5.97 Å². The molecule has 0 radical (unpaired) electrons. The lowest BCUT2D eigenvalue weighted by Gasteiger charge is -2.33. The minimum absolute atomic E-state index is 0.00490. The van der Waals surface area contributed by atoms with Crippen LogP contribution in [0.15, 0.2) is 34.7 Å². The zero-order valence-corrected chi connectivity index (χ0v) is 19.5. The molecule has 1 aliphatic carbocycles. The number of hydrogen-bond donors (Lipinski definition) is 1. The lowest BCUT2D eigenvalue weighted by molar-refractivity contribution is -0.133. The molecule has 170 valence electrons. The van der Waals surface area contributed by atoms with Gasteiger partial charge < -0.3 is 10.0 Å². The number of urea groups is 1. The fourth-order valence-electron chi connectivity index (χ4n) is 3.98. The quantitative estimate of drug-likeness (QED) is 0.606. The molecule has 2 aliphatic rings. The Hall–Kier alpha value is -2.59. The molecule has 2 heterocycles. The van der Waals surface area contributed by atoms with Gasteiger partial charge in [0, 0.05) is 37.4 Å². The number of carboxylic acid groups (broad SMARTS) is 1. The Bertz CT molecular complexity index is 1000. The zero-order valence-electron chi connectivity index (χ0n) is 17.9. The summed E-state index contributed by atoms with van der Waals surface area (Å²) in [5, 5.41) is 9.39. The van der Waals surface area contributed by atoms with Gasteiger partial charge >= 0.3 is 12.0 Å². The molecule has 1 saturated heterocycles. The lowest BCUT2D eigenvalue weighted by Crippen LogP contribution is -2.46. The number of amides is 3. The summed E-state index contributed by atoms with van der Waals surface area (Å²) in [4.78, 5) is 46.6. The molecule has 1 aliphatic heterocycles. The second kappa shape index (κ2) is 9.91. The summed E-state index contributed by atoms with van der Waals surface area (Å²) in [7, 11) is 1.68. The maximum Gasteiger partial charge on any atom is 0.330 e. The first-order chi connectivity index (χ1) is 15.4. The highest BCUT2D eigenvalue weighted by Crippen LogP contribution is 2.34. The molecule has 1 aromatic heterocycles. The van der Waals surface area contributed by atoms with Crippen LogP contribution in [0.1, 0.15) is 42.5 Å². The Labute approximate surface area is 195 Å². The second-order valence-corrected chi connectivity index (χ2v) is 10.3. The van der Waals surface area contributed by atoms with Gasteiger partial charge in [-0.1, -0.05) is 30.2 Å². The van der Waals surface area contributed by atoms with E-state index in [1.54, 1.807) is 24.2 Å². The van der Waals surface area contributed by atoms with Gasteiger partial charge in [0.05, 0.1) is 16.2 Å². The molecule has 10 heteroatoms. The van der Waals surface area contributed by atoms with E-state index in [1.165, 1.54) is 28.0 Å². The highest BCUT2D eigenvalue weighted by Gasteiger charge is 2.32. The van der Waals surface area contributed by atoms with Crippen molar-refractivity contribution in [3.8, 4) is 0 Å². The number of aliphatic carboxylic acids is 1. The maximum absolute atomic E-state index is 13.6. The molecular formula is C22H26N4O4S2. The molecule has 4 rings (SSSR count). The molecule has 0 bridgehead atoms. The minimum atomic E-state index is -0.894. The Morgan fingerprint density at radius 1 is 1.22 bits per heavy atom. The first-order valence-electron chi connectivity index (χ1n) is 10.7. The molecule has 1 aromatic carbocycles. The minimum Gasteiger partial charge on any atom is -0.481 e. The van der Waals surface area contributed by atoms with E-state index in [2.05, 4.69) is 4.98 Å². The molecule has 2 fully saturated rings. The van der Waals surface area contributed by atoms with Crippen molar-refractivity contribution in [3.05, 3.63) is 36.0 Å². The number of thioether (sulfide) groups is 1. The first kappa shape index (κ1) is 22.6. The van der Waals surface area contributed by atoms with Crippen LogP contribution in [-0.2, 0) is 4.79 Å². The number of anilines is 2. The van der Waals surface area contributed by atoms with Crippen molar-refractivity contribution < 1.29 is 19.5 Å². The Morgan fingerprint density at radius 2 is 1.97 bits per heavy atom. The molecule has 1 saturated carbocycles. The van der Waals surface area contributed by atoms with E-state index >= 15 is 0 Å². The van der Waals surface area contributed by atoms with E-state index in [4.69, 9.17) is 5.11 Å². The van der Waals surface area contributed by atoms with Crippen molar-refractivity contribution in [2.24, 2.45) is 0 Å². The van der Waals surface area contributed by atoms with Crippen LogP contribution in [0.5, 0.6) is 0 Å². The standard InChI is InChI=1S/C22H26N4O4S2/c1-24(21-23-13-19(32-21)31-14-18(27)28)22(30)26(16-7-2-3-8-16)17-9-4-6-15(12-17)20(29)25-10-5-11-25/h4,6,9,12-13,16H,2-3,5,7-8,10-11,14H2,1H3,(H,27,28). The van der Waals surface area contributed by atoms with Gasteiger partial charge in [-0.3, -0.25) is 19.4 Å². The predicted molar refractivity (Wildman–Crippen MR) is 126 cm³/mol. The number of nitrogens with zero attached hydrogens (tertiary/aromatic N) is 4. The summed E-state index contributed by atoms with van der Waals surface area (Å²) >= 11 is 2.48. The zero-order chi connectivity index (χ0) is 22.7. The molecular weight excluding hydrogens is 448 g/mol. The van der Waals surface area contributed by atoms with Gasteiger partial charge in [0.1, 0.15) is 0 Å². The second-order valence-electron chi connectivity index (χ2n) is 7.99. The third kappa shape index (κ3) is 4.91. The van der Waals surface area contributed by atoms with Gasteiger partial charge in [-0.2, -0.15) is 0 Å². The highest BCUT2D eigenvalue weighted by atomic mass is 32.2. The van der Waals surface area contributed by atoms with Crippen LogP contribution in [0.25, 0.3) is 0 Å². The number of thiazole rings is 1. The Morgan fingerprint density at radius 3 is 2.62 bits per heavy atom. The number of benzene rings is 1. The van der Waals surface area contributed by atoms with Gasteiger partial charge in [0.15, 0.2) is 5.13 Å². The van der Waals surface area contributed by atoms with Gasteiger partial charge in [0.25, 0.3) is 5.91 Å². The number of carbonyl (C=O) groups excluding carboxylic acids is 2. The summed E-state index contributed by atoms with van der Waals surface area (Å²) in [6.45, 7) is 1.56. The van der Waals surface area contributed by atoms with Gasteiger partial charge in [-0.25, -0.2) is 9.78 Å². The van der Waals surface area contributed by atoms with Crippen LogP contribution in [-0.4, -0.2) is 64.8 Å². The number of likely N-dealkylation sites (tertiary alicyclic amines) is 1. The number of carboxylic acids is 1. The van der Waals surface area contributed by atoms with E-state index in [-0.39, 0.29) is 23.7 Å². The fourth-order valence-corrected chi connectivity index (χ4v) is 5.61. The van der Waals surface area contributed by atoms with Crippen LogP contribution < -0.4 is 9.80 Å². The molecule has 0 spiro atoms. The Kier molecular flexibility index (Phi) is 7.00. The van der Waals surface area contributed by atoms with Crippen LogP contribution in [0.2, 0.25) is 0 Å². The fraction of sp³-hybridized carbons (Fsp3) is 0.455.